The third-order valence-electron chi connectivity index (χ3n) is 3.59. The minimum atomic E-state index is -0.808. The second-order valence-electron chi connectivity index (χ2n) is 5.64. The topological polar surface area (TPSA) is 84.5 Å². The Kier molecular flexibility index (Phi) is 6.91. The minimum absolute atomic E-state index is 0.193. The van der Waals surface area contributed by atoms with Gasteiger partial charge in [-0.2, -0.15) is 0 Å². The number of anilines is 1. The van der Waals surface area contributed by atoms with Gasteiger partial charge in [-0.25, -0.2) is 4.79 Å². The number of amides is 2. The third kappa shape index (κ3) is 5.70. The van der Waals surface area contributed by atoms with Gasteiger partial charge in [0.05, 0.1) is 7.11 Å². The number of carbonyl (C=O) groups excluding carboxylic acids is 3. The Hall–Kier alpha value is -2.67. The van der Waals surface area contributed by atoms with Crippen LogP contribution in [0.1, 0.15) is 22.8 Å². The van der Waals surface area contributed by atoms with E-state index in [1.54, 1.807) is 24.3 Å². The highest BCUT2D eigenvalue weighted by atomic mass is 79.9. The van der Waals surface area contributed by atoms with Crippen LogP contribution in [0.3, 0.4) is 0 Å². The van der Waals surface area contributed by atoms with E-state index in [2.05, 4.69) is 26.6 Å². The molecule has 0 saturated heterocycles. The molecule has 2 amide bonds. The maximum atomic E-state index is 12.5. The molecule has 0 unspecified atom stereocenters. The normalized spacial score (nSPS) is 11.3. The van der Waals surface area contributed by atoms with Crippen LogP contribution in [-0.2, 0) is 20.7 Å². The van der Waals surface area contributed by atoms with Crippen LogP contribution < -0.4 is 10.6 Å². The number of esters is 1. The Bertz CT molecular complexity index is 805. The van der Waals surface area contributed by atoms with Crippen LogP contribution in [0.4, 0.5) is 5.69 Å². The van der Waals surface area contributed by atoms with Gasteiger partial charge in [-0.3, -0.25) is 9.59 Å². The average Bonchev–Trinajstić information content (AvgIpc) is 2.60. The Labute approximate surface area is 160 Å². The van der Waals surface area contributed by atoms with Crippen molar-refractivity contribution in [2.24, 2.45) is 0 Å². The van der Waals surface area contributed by atoms with E-state index < -0.39 is 17.9 Å². The fraction of sp³-hybridized carbons (Fsp3) is 0.211. The highest BCUT2D eigenvalue weighted by Gasteiger charge is 2.22. The average molecular weight is 419 g/mol. The van der Waals surface area contributed by atoms with Crippen molar-refractivity contribution in [2.75, 3.05) is 12.4 Å². The van der Waals surface area contributed by atoms with Crippen LogP contribution >= 0.6 is 15.9 Å². The number of benzene rings is 2. The van der Waals surface area contributed by atoms with Crippen LogP contribution in [0, 0.1) is 0 Å². The first-order chi connectivity index (χ1) is 12.4. The molecule has 136 valence electrons. The third-order valence-corrected chi connectivity index (χ3v) is 4.08. The van der Waals surface area contributed by atoms with Crippen molar-refractivity contribution in [1.29, 1.82) is 0 Å². The number of methoxy groups -OCH3 is 1. The molecule has 0 spiro atoms. The summed E-state index contributed by atoms with van der Waals surface area (Å²) in [5.41, 5.74) is 1.85. The summed E-state index contributed by atoms with van der Waals surface area (Å²) >= 11 is 3.38. The van der Waals surface area contributed by atoms with Crippen LogP contribution in [0.2, 0.25) is 0 Å². The zero-order valence-corrected chi connectivity index (χ0v) is 16.0. The lowest BCUT2D eigenvalue weighted by Gasteiger charge is -2.17. The lowest BCUT2D eigenvalue weighted by Crippen LogP contribution is -2.43. The molecule has 2 N–H and O–H groups in total. The Morgan fingerprint density at radius 3 is 2.38 bits per heavy atom. The number of ether oxygens (including phenoxy) is 1. The van der Waals surface area contributed by atoms with E-state index in [4.69, 9.17) is 4.74 Å². The molecule has 26 heavy (non-hydrogen) atoms. The zero-order chi connectivity index (χ0) is 19.1. The highest BCUT2D eigenvalue weighted by molar-refractivity contribution is 9.10. The molecule has 7 heteroatoms. The SMILES string of the molecule is COC(=O)[C@@H](Cc1cccc(Br)c1)NC(=O)c1ccc(NC(C)=O)cc1. The van der Waals surface area contributed by atoms with E-state index in [1.165, 1.54) is 14.0 Å². The molecule has 0 radical (unpaired) electrons. The van der Waals surface area contributed by atoms with E-state index in [0.29, 0.717) is 17.7 Å². The molecule has 6 nitrogen and oxygen atoms in total. The first-order valence-electron chi connectivity index (χ1n) is 7.90. The molecule has 0 aliphatic carbocycles. The van der Waals surface area contributed by atoms with Gasteiger partial charge in [0.25, 0.3) is 5.91 Å². The van der Waals surface area contributed by atoms with E-state index in [1.807, 2.05) is 24.3 Å². The van der Waals surface area contributed by atoms with Crippen LogP contribution in [0.5, 0.6) is 0 Å². The van der Waals surface area contributed by atoms with E-state index >= 15 is 0 Å². The predicted molar refractivity (Wildman–Crippen MR) is 102 cm³/mol. The van der Waals surface area contributed by atoms with Crippen LogP contribution in [0.25, 0.3) is 0 Å². The Morgan fingerprint density at radius 2 is 1.81 bits per heavy atom. The molecule has 2 aromatic carbocycles. The predicted octanol–water partition coefficient (Wildman–Crippen LogP) is 2.92. The van der Waals surface area contributed by atoms with Gasteiger partial charge in [0, 0.05) is 29.1 Å². The summed E-state index contributed by atoms with van der Waals surface area (Å²) in [4.78, 5) is 35.5. The first-order valence-corrected chi connectivity index (χ1v) is 8.69. The van der Waals surface area contributed by atoms with Gasteiger partial charge in [-0.1, -0.05) is 28.1 Å². The maximum Gasteiger partial charge on any atom is 0.328 e. The lowest BCUT2D eigenvalue weighted by atomic mass is 10.1. The summed E-state index contributed by atoms with van der Waals surface area (Å²) in [5, 5.41) is 5.32. The van der Waals surface area contributed by atoms with Crippen molar-refractivity contribution in [3.63, 3.8) is 0 Å². The van der Waals surface area contributed by atoms with Gasteiger partial charge in [0.1, 0.15) is 6.04 Å². The number of carbonyl (C=O) groups is 3. The standard InChI is InChI=1S/C19H19BrN2O4/c1-12(23)21-16-8-6-14(7-9-16)18(24)22-17(19(25)26-2)11-13-4-3-5-15(20)10-13/h3-10,17H,11H2,1-2H3,(H,21,23)(H,22,24)/t17-/m1/s1. The molecule has 2 rings (SSSR count). The molecular formula is C19H19BrN2O4. The first kappa shape index (κ1) is 19.7. The van der Waals surface area contributed by atoms with Crippen LogP contribution in [0.15, 0.2) is 53.0 Å². The summed E-state index contributed by atoms with van der Waals surface area (Å²) in [7, 11) is 1.28. The van der Waals surface area contributed by atoms with Gasteiger partial charge >= 0.3 is 5.97 Å². The molecule has 2 aromatic rings. The molecule has 0 saturated carbocycles. The zero-order valence-electron chi connectivity index (χ0n) is 14.4. The molecule has 0 fully saturated rings. The molecule has 0 aliphatic heterocycles. The summed E-state index contributed by atoms with van der Waals surface area (Å²) in [5.74, 6) is -1.11. The summed E-state index contributed by atoms with van der Waals surface area (Å²) in [6, 6.07) is 13.1. The number of rotatable bonds is 6. The maximum absolute atomic E-state index is 12.5. The summed E-state index contributed by atoms with van der Waals surface area (Å²) in [6.45, 7) is 1.41. The number of hydrogen-bond acceptors (Lipinski definition) is 4. The summed E-state index contributed by atoms with van der Waals surface area (Å²) < 4.78 is 5.69. The van der Waals surface area contributed by atoms with Gasteiger partial charge in [-0.15, -0.1) is 0 Å². The minimum Gasteiger partial charge on any atom is -0.467 e. The van der Waals surface area contributed by atoms with Crippen molar-refractivity contribution in [3.05, 3.63) is 64.1 Å². The van der Waals surface area contributed by atoms with E-state index in [0.717, 1.165) is 10.0 Å². The molecule has 1 atom stereocenters. The van der Waals surface area contributed by atoms with Crippen molar-refractivity contribution >= 4 is 39.4 Å². The Balaban J connectivity index is 2.10. The molecule has 0 aromatic heterocycles. The Morgan fingerprint density at radius 1 is 1.12 bits per heavy atom. The van der Waals surface area contributed by atoms with Crippen molar-refractivity contribution < 1.29 is 19.1 Å². The van der Waals surface area contributed by atoms with Gasteiger partial charge in [-0.05, 0) is 42.0 Å². The largest absolute Gasteiger partial charge is 0.467 e. The monoisotopic (exact) mass is 418 g/mol. The molecule has 0 aliphatic rings. The van der Waals surface area contributed by atoms with Gasteiger partial charge < -0.3 is 15.4 Å². The summed E-state index contributed by atoms with van der Waals surface area (Å²) in [6.07, 6.45) is 0.307. The second kappa shape index (κ2) is 9.15. The highest BCUT2D eigenvalue weighted by Crippen LogP contribution is 2.14. The quantitative estimate of drug-likeness (QED) is 0.706. The lowest BCUT2D eigenvalue weighted by molar-refractivity contribution is -0.142. The number of hydrogen-bond donors (Lipinski definition) is 2. The van der Waals surface area contributed by atoms with E-state index in [9.17, 15) is 14.4 Å². The number of nitrogens with one attached hydrogen (secondary N) is 2. The molecule has 0 heterocycles. The van der Waals surface area contributed by atoms with E-state index in [-0.39, 0.29) is 5.91 Å². The number of halogens is 1. The smallest absolute Gasteiger partial charge is 0.328 e. The van der Waals surface area contributed by atoms with Gasteiger partial charge in [0.15, 0.2) is 0 Å². The van der Waals surface area contributed by atoms with Gasteiger partial charge in [0.2, 0.25) is 5.91 Å². The molecule has 0 bridgehead atoms. The van der Waals surface area contributed by atoms with Crippen molar-refractivity contribution in [1.82, 2.24) is 5.32 Å². The molecular weight excluding hydrogens is 400 g/mol. The van der Waals surface area contributed by atoms with Crippen molar-refractivity contribution in [3.8, 4) is 0 Å². The fourth-order valence-corrected chi connectivity index (χ4v) is 2.83. The second-order valence-corrected chi connectivity index (χ2v) is 6.56. The van der Waals surface area contributed by atoms with Crippen molar-refractivity contribution in [2.45, 2.75) is 19.4 Å². The fourth-order valence-electron chi connectivity index (χ4n) is 2.38. The van der Waals surface area contributed by atoms with Crippen LogP contribution in [-0.4, -0.2) is 30.9 Å².